The molecule has 0 aliphatic heterocycles. The molecular formula is C6H4ClNS. The molecule has 46 valence electrons. The quantitative estimate of drug-likeness (QED) is 0.553. The lowest BCUT2D eigenvalue weighted by Gasteiger charge is -1.75. The van der Waals surface area contributed by atoms with Gasteiger partial charge < -0.3 is 4.85 Å². The van der Waals surface area contributed by atoms with Crippen molar-refractivity contribution in [2.24, 2.45) is 0 Å². The summed E-state index contributed by atoms with van der Waals surface area (Å²) < 4.78 is 0.758. The summed E-state index contributed by atoms with van der Waals surface area (Å²) in [4.78, 5) is 3.22. The number of nitrogens with zero attached hydrogens (tertiary/aromatic N) is 1. The Balaban J connectivity index is 2.76. The first-order valence-electron chi connectivity index (χ1n) is 2.39. The van der Waals surface area contributed by atoms with E-state index in [4.69, 9.17) is 18.2 Å². The van der Waals surface area contributed by atoms with Crippen molar-refractivity contribution in [3.05, 3.63) is 32.8 Å². The first kappa shape index (κ1) is 6.60. The van der Waals surface area contributed by atoms with Crippen molar-refractivity contribution in [2.75, 3.05) is 0 Å². The molecule has 0 bridgehead atoms. The summed E-state index contributed by atoms with van der Waals surface area (Å²) in [5, 5.41) is 1.90. The normalized spacial score (nSPS) is 8.89. The second-order valence-corrected chi connectivity index (χ2v) is 3.12. The Labute approximate surface area is 62.7 Å². The second-order valence-electron chi connectivity index (χ2n) is 1.58. The van der Waals surface area contributed by atoms with Crippen molar-refractivity contribution < 1.29 is 0 Å². The SMILES string of the molecule is [C-]#[N+]Cc1csc(Cl)c1. The lowest BCUT2D eigenvalue weighted by molar-refractivity contribution is 1.29. The van der Waals surface area contributed by atoms with Gasteiger partial charge in [-0.1, -0.05) is 11.6 Å². The molecule has 1 rings (SSSR count). The van der Waals surface area contributed by atoms with Crippen LogP contribution in [0.25, 0.3) is 4.85 Å². The minimum Gasteiger partial charge on any atom is -0.312 e. The molecule has 0 unspecified atom stereocenters. The van der Waals surface area contributed by atoms with Crippen LogP contribution in [0.1, 0.15) is 5.56 Å². The van der Waals surface area contributed by atoms with Gasteiger partial charge in [-0.05, 0) is 6.07 Å². The van der Waals surface area contributed by atoms with E-state index in [1.54, 1.807) is 0 Å². The summed E-state index contributed by atoms with van der Waals surface area (Å²) in [6.45, 7) is 6.98. The average Bonchev–Trinajstić information content (AvgIpc) is 2.17. The van der Waals surface area contributed by atoms with Gasteiger partial charge in [0, 0.05) is 10.9 Å². The van der Waals surface area contributed by atoms with Crippen molar-refractivity contribution in [3.63, 3.8) is 0 Å². The van der Waals surface area contributed by atoms with Gasteiger partial charge in [0.25, 0.3) is 0 Å². The van der Waals surface area contributed by atoms with Gasteiger partial charge in [-0.2, -0.15) is 0 Å². The smallest absolute Gasteiger partial charge is 0.240 e. The van der Waals surface area contributed by atoms with E-state index in [1.165, 1.54) is 11.3 Å². The lowest BCUT2D eigenvalue weighted by Crippen LogP contribution is -1.67. The molecule has 0 saturated heterocycles. The number of halogens is 1. The van der Waals surface area contributed by atoms with E-state index in [2.05, 4.69) is 4.85 Å². The molecule has 0 N–H and O–H groups in total. The molecule has 0 aromatic carbocycles. The molecule has 0 saturated carbocycles. The van der Waals surface area contributed by atoms with E-state index in [-0.39, 0.29) is 0 Å². The predicted molar refractivity (Wildman–Crippen MR) is 39.6 cm³/mol. The Bertz CT molecular complexity index is 235. The summed E-state index contributed by atoms with van der Waals surface area (Å²) in [6.07, 6.45) is 0. The predicted octanol–water partition coefficient (Wildman–Crippen LogP) is 2.82. The molecule has 9 heavy (non-hydrogen) atoms. The number of rotatable bonds is 1. The van der Waals surface area contributed by atoms with Gasteiger partial charge in [-0.25, -0.2) is 6.57 Å². The zero-order valence-corrected chi connectivity index (χ0v) is 6.17. The third-order valence-corrected chi connectivity index (χ3v) is 2.02. The number of hydrogen-bond donors (Lipinski definition) is 0. The van der Waals surface area contributed by atoms with Crippen LogP contribution in [0, 0.1) is 6.57 Å². The fraction of sp³-hybridized carbons (Fsp3) is 0.167. The molecule has 0 spiro atoms. The Morgan fingerprint density at radius 3 is 3.00 bits per heavy atom. The first-order valence-corrected chi connectivity index (χ1v) is 3.65. The highest BCUT2D eigenvalue weighted by atomic mass is 35.5. The zero-order valence-electron chi connectivity index (χ0n) is 4.60. The van der Waals surface area contributed by atoms with Gasteiger partial charge in [-0.15, -0.1) is 11.3 Å². The maximum atomic E-state index is 6.54. The highest BCUT2D eigenvalue weighted by Crippen LogP contribution is 2.20. The lowest BCUT2D eigenvalue weighted by atomic mass is 10.3. The monoisotopic (exact) mass is 157 g/mol. The summed E-state index contributed by atoms with van der Waals surface area (Å²) in [7, 11) is 0. The Morgan fingerprint density at radius 2 is 2.56 bits per heavy atom. The molecule has 0 fully saturated rings. The van der Waals surface area contributed by atoms with Crippen LogP contribution in [-0.2, 0) is 6.54 Å². The minimum absolute atomic E-state index is 0.448. The summed E-state index contributed by atoms with van der Waals surface area (Å²) in [6, 6.07) is 1.82. The molecule has 0 radical (unpaired) electrons. The second kappa shape index (κ2) is 2.86. The highest BCUT2D eigenvalue weighted by molar-refractivity contribution is 7.14. The van der Waals surface area contributed by atoms with Crippen molar-refractivity contribution in [2.45, 2.75) is 6.54 Å². The molecule has 0 aliphatic carbocycles. The van der Waals surface area contributed by atoms with E-state index < -0.39 is 0 Å². The zero-order chi connectivity index (χ0) is 6.69. The molecule has 0 atom stereocenters. The van der Waals surface area contributed by atoms with Crippen LogP contribution in [0.5, 0.6) is 0 Å². The van der Waals surface area contributed by atoms with Gasteiger partial charge in [-0.3, -0.25) is 0 Å². The number of thiophene rings is 1. The Hall–Kier alpha value is -0.520. The fourth-order valence-corrected chi connectivity index (χ4v) is 1.42. The van der Waals surface area contributed by atoms with Gasteiger partial charge in [0.2, 0.25) is 6.54 Å². The van der Waals surface area contributed by atoms with Gasteiger partial charge in [0.05, 0.1) is 4.34 Å². The molecule has 1 heterocycles. The van der Waals surface area contributed by atoms with E-state index in [1.807, 2.05) is 11.4 Å². The average molecular weight is 158 g/mol. The van der Waals surface area contributed by atoms with E-state index in [9.17, 15) is 0 Å². The Morgan fingerprint density at radius 1 is 1.78 bits per heavy atom. The van der Waals surface area contributed by atoms with Crippen molar-refractivity contribution in [3.8, 4) is 0 Å². The van der Waals surface area contributed by atoms with Gasteiger partial charge in [0.15, 0.2) is 0 Å². The minimum atomic E-state index is 0.448. The maximum Gasteiger partial charge on any atom is 0.240 e. The van der Waals surface area contributed by atoms with E-state index in [0.717, 1.165) is 9.90 Å². The Kier molecular flexibility index (Phi) is 2.10. The molecule has 1 aromatic heterocycles. The van der Waals surface area contributed by atoms with Crippen molar-refractivity contribution in [1.82, 2.24) is 0 Å². The highest BCUT2D eigenvalue weighted by Gasteiger charge is 1.96. The third-order valence-electron chi connectivity index (χ3n) is 0.883. The largest absolute Gasteiger partial charge is 0.312 e. The third kappa shape index (κ3) is 1.70. The van der Waals surface area contributed by atoms with Crippen LogP contribution >= 0.6 is 22.9 Å². The van der Waals surface area contributed by atoms with Crippen LogP contribution < -0.4 is 0 Å². The molecular weight excluding hydrogens is 154 g/mol. The summed E-state index contributed by atoms with van der Waals surface area (Å²) >= 11 is 7.08. The summed E-state index contributed by atoms with van der Waals surface area (Å²) in [5.41, 5.74) is 1.01. The molecule has 1 nitrogen and oxygen atoms in total. The van der Waals surface area contributed by atoms with Crippen LogP contribution in [0.15, 0.2) is 11.4 Å². The number of hydrogen-bond acceptors (Lipinski definition) is 1. The standard InChI is InChI=1S/C6H4ClNS/c1-8-3-5-2-6(7)9-4-5/h2,4H,3H2. The van der Waals surface area contributed by atoms with Gasteiger partial charge in [0.1, 0.15) is 0 Å². The molecule has 3 heteroatoms. The van der Waals surface area contributed by atoms with Crippen LogP contribution in [0.3, 0.4) is 0 Å². The molecule has 1 aromatic rings. The van der Waals surface area contributed by atoms with E-state index >= 15 is 0 Å². The van der Waals surface area contributed by atoms with Crippen molar-refractivity contribution in [1.29, 1.82) is 0 Å². The van der Waals surface area contributed by atoms with Crippen molar-refractivity contribution >= 4 is 22.9 Å². The first-order chi connectivity index (χ1) is 4.33. The van der Waals surface area contributed by atoms with Crippen LogP contribution in [0.2, 0.25) is 4.34 Å². The van der Waals surface area contributed by atoms with Crippen LogP contribution in [-0.4, -0.2) is 0 Å². The summed E-state index contributed by atoms with van der Waals surface area (Å²) in [5.74, 6) is 0. The van der Waals surface area contributed by atoms with Gasteiger partial charge >= 0.3 is 0 Å². The van der Waals surface area contributed by atoms with Crippen LogP contribution in [0.4, 0.5) is 0 Å². The molecule has 0 amide bonds. The fourth-order valence-electron chi connectivity index (χ4n) is 0.520. The van der Waals surface area contributed by atoms with E-state index in [0.29, 0.717) is 6.54 Å². The topological polar surface area (TPSA) is 4.36 Å². The maximum absolute atomic E-state index is 6.54. The molecule has 0 aliphatic rings.